The SMILES string of the molecule is COc1cc2c(cc1OC)CN(CC1CC3c4ccccc4Nc4ccc(F)cc4C3O1)CC2. The number of hydrogen-bond acceptors (Lipinski definition) is 5. The van der Waals surface area contributed by atoms with E-state index in [1.165, 1.54) is 22.8 Å². The molecule has 0 spiro atoms. The quantitative estimate of drug-likeness (QED) is 0.551. The lowest BCUT2D eigenvalue weighted by molar-refractivity contribution is 0.0171. The van der Waals surface area contributed by atoms with Gasteiger partial charge in [-0.3, -0.25) is 4.90 Å². The smallest absolute Gasteiger partial charge is 0.161 e. The van der Waals surface area contributed by atoms with Crippen molar-refractivity contribution in [1.29, 1.82) is 0 Å². The van der Waals surface area contributed by atoms with Gasteiger partial charge >= 0.3 is 0 Å². The molecule has 34 heavy (non-hydrogen) atoms. The third-order valence-electron chi connectivity index (χ3n) is 7.43. The standard InChI is InChI=1S/C28H29FN2O3/c1-32-26-11-17-9-10-31(15-18(17)12-27(26)33-2)16-20-14-22-21-5-3-4-6-24(21)30-25-8-7-19(29)13-23(25)28(22)34-20/h3-8,11-13,20,22,28,30H,9-10,14-16H2,1-2H3. The first-order valence-corrected chi connectivity index (χ1v) is 11.9. The van der Waals surface area contributed by atoms with Crippen LogP contribution in [0, 0.1) is 5.82 Å². The number of halogens is 1. The fourth-order valence-electron chi connectivity index (χ4n) is 5.81. The van der Waals surface area contributed by atoms with Gasteiger partial charge in [-0.05, 0) is 65.9 Å². The minimum atomic E-state index is -0.227. The highest BCUT2D eigenvalue weighted by atomic mass is 19.1. The van der Waals surface area contributed by atoms with Gasteiger partial charge in [-0.2, -0.15) is 0 Å². The van der Waals surface area contributed by atoms with E-state index >= 15 is 0 Å². The predicted octanol–water partition coefficient (Wildman–Crippen LogP) is 5.57. The average Bonchev–Trinajstić information content (AvgIpc) is 3.22. The van der Waals surface area contributed by atoms with Crippen LogP contribution in [0.5, 0.6) is 11.5 Å². The molecule has 0 amide bonds. The molecule has 3 heterocycles. The zero-order valence-electron chi connectivity index (χ0n) is 19.5. The van der Waals surface area contributed by atoms with Gasteiger partial charge in [0.05, 0.1) is 26.4 Å². The molecule has 6 heteroatoms. The number of anilines is 2. The van der Waals surface area contributed by atoms with Gasteiger partial charge in [0.25, 0.3) is 0 Å². The molecule has 3 atom stereocenters. The Balaban J connectivity index is 1.25. The monoisotopic (exact) mass is 460 g/mol. The Bertz CT molecular complexity index is 1230. The maximum absolute atomic E-state index is 14.2. The maximum Gasteiger partial charge on any atom is 0.161 e. The van der Waals surface area contributed by atoms with E-state index in [0.29, 0.717) is 0 Å². The van der Waals surface area contributed by atoms with E-state index in [9.17, 15) is 4.39 Å². The minimum Gasteiger partial charge on any atom is -0.493 e. The van der Waals surface area contributed by atoms with Gasteiger partial charge in [-0.25, -0.2) is 4.39 Å². The van der Waals surface area contributed by atoms with Crippen LogP contribution in [0.4, 0.5) is 15.8 Å². The van der Waals surface area contributed by atoms with Crippen molar-refractivity contribution in [2.75, 3.05) is 32.6 Å². The van der Waals surface area contributed by atoms with Gasteiger partial charge in [0.1, 0.15) is 5.82 Å². The zero-order valence-corrected chi connectivity index (χ0v) is 19.5. The normalized spacial score (nSPS) is 23.1. The fraction of sp³-hybridized carbons (Fsp3) is 0.357. The first kappa shape index (κ1) is 21.4. The molecular weight excluding hydrogens is 431 g/mol. The molecule has 0 aliphatic carbocycles. The number of ether oxygens (including phenoxy) is 3. The summed E-state index contributed by atoms with van der Waals surface area (Å²) in [5.41, 5.74) is 6.75. The molecule has 3 aliphatic rings. The Hall–Kier alpha value is -3.09. The summed E-state index contributed by atoms with van der Waals surface area (Å²) in [5.74, 6) is 1.52. The third kappa shape index (κ3) is 3.71. The summed E-state index contributed by atoms with van der Waals surface area (Å²) < 4.78 is 31.9. The highest BCUT2D eigenvalue weighted by Gasteiger charge is 2.41. The van der Waals surface area contributed by atoms with Gasteiger partial charge in [0.2, 0.25) is 0 Å². The van der Waals surface area contributed by atoms with E-state index in [1.807, 2.05) is 12.1 Å². The maximum atomic E-state index is 14.2. The largest absolute Gasteiger partial charge is 0.493 e. The van der Waals surface area contributed by atoms with Crippen molar-refractivity contribution in [3.8, 4) is 11.5 Å². The van der Waals surface area contributed by atoms with E-state index in [-0.39, 0.29) is 23.9 Å². The lowest BCUT2D eigenvalue weighted by Gasteiger charge is -2.31. The van der Waals surface area contributed by atoms with Crippen molar-refractivity contribution in [3.05, 3.63) is 82.7 Å². The molecule has 0 aromatic heterocycles. The third-order valence-corrected chi connectivity index (χ3v) is 7.43. The van der Waals surface area contributed by atoms with E-state index < -0.39 is 0 Å². The average molecular weight is 461 g/mol. The Morgan fingerprint density at radius 3 is 2.56 bits per heavy atom. The Kier molecular flexibility index (Phi) is 5.42. The number of rotatable bonds is 4. The molecule has 1 saturated heterocycles. The van der Waals surface area contributed by atoms with Crippen LogP contribution in [0.15, 0.2) is 54.6 Å². The molecule has 3 unspecified atom stereocenters. The second kappa shape index (κ2) is 8.60. The summed E-state index contributed by atoms with van der Waals surface area (Å²) in [6.45, 7) is 2.68. The van der Waals surface area contributed by atoms with Crippen LogP contribution in [-0.4, -0.2) is 38.3 Å². The summed E-state index contributed by atoms with van der Waals surface area (Å²) >= 11 is 0. The van der Waals surface area contributed by atoms with E-state index in [1.54, 1.807) is 20.3 Å². The van der Waals surface area contributed by atoms with Gasteiger partial charge in [0.15, 0.2) is 11.5 Å². The van der Waals surface area contributed by atoms with Crippen molar-refractivity contribution in [2.45, 2.75) is 37.5 Å². The van der Waals surface area contributed by atoms with Crippen molar-refractivity contribution in [2.24, 2.45) is 0 Å². The number of fused-ring (bicyclic) bond motifs is 6. The molecule has 176 valence electrons. The molecule has 3 aromatic carbocycles. The Labute approximate surface area is 199 Å². The zero-order chi connectivity index (χ0) is 23.2. The molecule has 3 aliphatic heterocycles. The number of nitrogens with zero attached hydrogens (tertiary/aromatic N) is 1. The number of para-hydroxylation sites is 1. The lowest BCUT2D eigenvalue weighted by Crippen LogP contribution is -2.36. The van der Waals surface area contributed by atoms with E-state index in [0.717, 1.165) is 60.9 Å². The van der Waals surface area contributed by atoms with Crippen LogP contribution < -0.4 is 14.8 Å². The fourth-order valence-corrected chi connectivity index (χ4v) is 5.81. The first-order chi connectivity index (χ1) is 16.6. The highest BCUT2D eigenvalue weighted by molar-refractivity contribution is 5.70. The molecule has 0 saturated carbocycles. The van der Waals surface area contributed by atoms with Gasteiger partial charge in [-0.15, -0.1) is 0 Å². The van der Waals surface area contributed by atoms with E-state index in [2.05, 4.69) is 40.5 Å². The van der Waals surface area contributed by atoms with Crippen molar-refractivity contribution >= 4 is 11.4 Å². The molecule has 0 bridgehead atoms. The van der Waals surface area contributed by atoms with Crippen molar-refractivity contribution < 1.29 is 18.6 Å². The molecular formula is C28H29FN2O3. The summed E-state index contributed by atoms with van der Waals surface area (Å²) in [5, 5.41) is 3.51. The number of methoxy groups -OCH3 is 2. The van der Waals surface area contributed by atoms with Gasteiger partial charge < -0.3 is 19.5 Å². The molecule has 1 N–H and O–H groups in total. The van der Waals surface area contributed by atoms with Gasteiger partial charge in [-0.1, -0.05) is 18.2 Å². The number of nitrogens with one attached hydrogen (secondary N) is 1. The molecule has 1 fully saturated rings. The van der Waals surface area contributed by atoms with E-state index in [4.69, 9.17) is 14.2 Å². The van der Waals surface area contributed by atoms with Crippen LogP contribution in [-0.2, 0) is 17.7 Å². The van der Waals surface area contributed by atoms with Crippen LogP contribution in [0.1, 0.15) is 40.7 Å². The highest BCUT2D eigenvalue weighted by Crippen LogP contribution is 2.51. The van der Waals surface area contributed by atoms with Crippen molar-refractivity contribution in [1.82, 2.24) is 4.90 Å². The Morgan fingerprint density at radius 2 is 1.74 bits per heavy atom. The van der Waals surface area contributed by atoms with Crippen molar-refractivity contribution in [3.63, 3.8) is 0 Å². The molecule has 5 nitrogen and oxygen atoms in total. The Morgan fingerprint density at radius 1 is 0.971 bits per heavy atom. The van der Waals surface area contributed by atoms with Crippen LogP contribution in [0.2, 0.25) is 0 Å². The minimum absolute atomic E-state index is 0.0824. The van der Waals surface area contributed by atoms with Crippen LogP contribution in [0.25, 0.3) is 0 Å². The summed E-state index contributed by atoms with van der Waals surface area (Å²) in [6.07, 6.45) is 1.80. The number of benzene rings is 3. The molecule has 6 rings (SSSR count). The second-order valence-electron chi connectivity index (χ2n) is 9.43. The van der Waals surface area contributed by atoms with Crippen LogP contribution in [0.3, 0.4) is 0 Å². The summed E-state index contributed by atoms with van der Waals surface area (Å²) in [7, 11) is 3.35. The molecule has 3 aromatic rings. The lowest BCUT2D eigenvalue weighted by atomic mass is 9.87. The summed E-state index contributed by atoms with van der Waals surface area (Å²) in [6, 6.07) is 17.5. The predicted molar refractivity (Wildman–Crippen MR) is 130 cm³/mol. The second-order valence-corrected chi connectivity index (χ2v) is 9.43. The first-order valence-electron chi connectivity index (χ1n) is 11.9. The van der Waals surface area contributed by atoms with Crippen LogP contribution >= 0.6 is 0 Å². The topological polar surface area (TPSA) is 43.0 Å². The van der Waals surface area contributed by atoms with Gasteiger partial charge in [0, 0.05) is 42.5 Å². The summed E-state index contributed by atoms with van der Waals surface area (Å²) in [4.78, 5) is 2.46. The number of hydrogen-bond donors (Lipinski definition) is 1. The molecule has 0 radical (unpaired) electrons.